The fourth-order valence-electron chi connectivity index (χ4n) is 2.17. The summed E-state index contributed by atoms with van der Waals surface area (Å²) in [5, 5.41) is 0. The van der Waals surface area contributed by atoms with Crippen LogP contribution in [0.3, 0.4) is 0 Å². The highest BCUT2D eigenvalue weighted by Crippen LogP contribution is 2.28. The Bertz CT molecular complexity index is 677. The van der Waals surface area contributed by atoms with Gasteiger partial charge in [-0.3, -0.25) is 9.59 Å². The molecule has 2 aromatic rings. The molecule has 0 saturated carbocycles. The van der Waals surface area contributed by atoms with Crippen molar-refractivity contribution in [3.63, 3.8) is 0 Å². The summed E-state index contributed by atoms with van der Waals surface area (Å²) in [6.45, 7) is 0. The molecule has 0 aliphatic heterocycles. The minimum atomic E-state index is -0.486. The number of allylic oxidation sites excluding steroid dienone is 1. The van der Waals surface area contributed by atoms with E-state index in [1.54, 1.807) is 0 Å². The van der Waals surface area contributed by atoms with Crippen molar-refractivity contribution in [2.24, 2.45) is 0 Å². The molecule has 1 atom stereocenters. The minimum Gasteiger partial charge on any atom is -0.295 e. The zero-order chi connectivity index (χ0) is 12.5. The van der Waals surface area contributed by atoms with Crippen molar-refractivity contribution < 1.29 is 9.59 Å². The van der Waals surface area contributed by atoms with Crippen LogP contribution in [0.15, 0.2) is 30.3 Å². The van der Waals surface area contributed by atoms with Crippen LogP contribution in [0, 0.1) is 0 Å². The topological polar surface area (TPSA) is 59.9 Å². The predicted octanol–water partition coefficient (Wildman–Crippen LogP) is 1.90. The van der Waals surface area contributed by atoms with Crippen molar-refractivity contribution >= 4 is 29.2 Å². The van der Waals surface area contributed by atoms with Gasteiger partial charge in [0, 0.05) is 0 Å². The molecule has 4 heteroatoms. The Morgan fingerprint density at radius 1 is 1.22 bits per heavy atom. The third kappa shape index (κ3) is 1.62. The lowest BCUT2D eigenvalue weighted by molar-refractivity contribution is -0.130. The molecule has 3 rings (SSSR count). The summed E-state index contributed by atoms with van der Waals surface area (Å²) in [5.41, 5.74) is 2.82. The van der Waals surface area contributed by atoms with E-state index >= 15 is 0 Å². The van der Waals surface area contributed by atoms with Crippen LogP contribution in [-0.2, 0) is 9.59 Å². The second-order valence-electron chi connectivity index (χ2n) is 4.19. The monoisotopic (exact) mass is 238 g/mol. The Hall–Kier alpha value is -2.36. The maximum atomic E-state index is 11.6. The van der Waals surface area contributed by atoms with Gasteiger partial charge in [0.25, 0.3) is 0 Å². The summed E-state index contributed by atoms with van der Waals surface area (Å²) < 4.78 is 0. The molecule has 0 spiro atoms. The van der Waals surface area contributed by atoms with Crippen LogP contribution in [-0.4, -0.2) is 22.0 Å². The number of hydrogen-bond acceptors (Lipinski definition) is 4. The van der Waals surface area contributed by atoms with E-state index in [0.29, 0.717) is 24.1 Å². The summed E-state index contributed by atoms with van der Waals surface area (Å²) >= 11 is 0. The number of Topliss-reactive ketones (excluding diaryl/α,β-unsaturated/α-hetero) is 1. The number of benzene rings is 1. The van der Waals surface area contributed by atoms with Crippen molar-refractivity contribution in [2.75, 3.05) is 0 Å². The Morgan fingerprint density at radius 3 is 2.67 bits per heavy atom. The van der Waals surface area contributed by atoms with Crippen LogP contribution in [0.4, 0.5) is 0 Å². The number of fused-ring (bicyclic) bond motifs is 2. The zero-order valence-corrected chi connectivity index (χ0v) is 9.54. The molecule has 1 aromatic heterocycles. The van der Waals surface area contributed by atoms with Crippen molar-refractivity contribution in [1.82, 2.24) is 9.97 Å². The maximum absolute atomic E-state index is 11.6. The standard InChI is InChI=1S/C14H10N2O2/c17-8-13(18)9-4-3-7-12-14(9)16-11-6-2-1-5-10(11)15-12/h1-3,5-9H,4H2. The first kappa shape index (κ1) is 10.8. The van der Waals surface area contributed by atoms with Crippen LogP contribution in [0.1, 0.15) is 23.7 Å². The average molecular weight is 238 g/mol. The highest BCUT2D eigenvalue weighted by molar-refractivity contribution is 6.27. The molecule has 4 nitrogen and oxygen atoms in total. The molecule has 0 saturated heterocycles. The van der Waals surface area contributed by atoms with Gasteiger partial charge in [0.05, 0.1) is 28.3 Å². The van der Waals surface area contributed by atoms with Crippen LogP contribution in [0.5, 0.6) is 0 Å². The van der Waals surface area contributed by atoms with Crippen LogP contribution in [0.25, 0.3) is 17.1 Å². The van der Waals surface area contributed by atoms with E-state index in [0.717, 1.165) is 11.0 Å². The van der Waals surface area contributed by atoms with Gasteiger partial charge in [0.2, 0.25) is 5.78 Å². The normalized spacial score (nSPS) is 17.4. The van der Waals surface area contributed by atoms with Crippen molar-refractivity contribution in [2.45, 2.75) is 12.3 Å². The minimum absolute atomic E-state index is 0.366. The molecule has 1 aliphatic rings. The highest BCUT2D eigenvalue weighted by Gasteiger charge is 2.26. The van der Waals surface area contributed by atoms with Crippen molar-refractivity contribution in [3.8, 4) is 0 Å². The number of nitrogens with zero attached hydrogens (tertiary/aromatic N) is 2. The second-order valence-corrected chi connectivity index (χ2v) is 4.19. The van der Waals surface area contributed by atoms with E-state index in [4.69, 9.17) is 0 Å². The van der Waals surface area contributed by atoms with E-state index in [9.17, 15) is 9.59 Å². The maximum Gasteiger partial charge on any atom is 0.204 e. The first-order chi connectivity index (χ1) is 8.79. The lowest BCUT2D eigenvalue weighted by Gasteiger charge is -2.17. The number of carbonyl (C=O) groups excluding carboxylic acids is 2. The van der Waals surface area contributed by atoms with Crippen LogP contribution < -0.4 is 0 Å². The fourth-order valence-corrected chi connectivity index (χ4v) is 2.17. The number of para-hydroxylation sites is 2. The predicted molar refractivity (Wildman–Crippen MR) is 67.0 cm³/mol. The summed E-state index contributed by atoms with van der Waals surface area (Å²) in [5.74, 6) is -0.926. The Morgan fingerprint density at radius 2 is 1.94 bits per heavy atom. The molecule has 1 unspecified atom stereocenters. The zero-order valence-electron chi connectivity index (χ0n) is 9.54. The van der Waals surface area contributed by atoms with Crippen LogP contribution >= 0.6 is 0 Å². The first-order valence-corrected chi connectivity index (χ1v) is 5.72. The smallest absolute Gasteiger partial charge is 0.204 e. The Kier molecular flexibility index (Phi) is 2.48. The van der Waals surface area contributed by atoms with E-state index in [1.165, 1.54) is 0 Å². The molecule has 88 valence electrons. The Balaban J connectivity index is 2.22. The highest BCUT2D eigenvalue weighted by atomic mass is 16.2. The number of carbonyl (C=O) groups is 2. The van der Waals surface area contributed by atoms with Gasteiger partial charge in [-0.1, -0.05) is 18.2 Å². The quantitative estimate of drug-likeness (QED) is 0.592. The molecule has 18 heavy (non-hydrogen) atoms. The van der Waals surface area contributed by atoms with Gasteiger partial charge in [-0.05, 0) is 24.6 Å². The van der Waals surface area contributed by atoms with Gasteiger partial charge in [0.15, 0.2) is 6.29 Å². The number of aromatic nitrogens is 2. The Labute approximate surface area is 103 Å². The summed E-state index contributed by atoms with van der Waals surface area (Å²) in [6.07, 6.45) is 4.59. The van der Waals surface area contributed by atoms with Gasteiger partial charge in [-0.2, -0.15) is 0 Å². The first-order valence-electron chi connectivity index (χ1n) is 5.72. The third-order valence-electron chi connectivity index (χ3n) is 3.06. The molecule has 0 N–H and O–H groups in total. The third-order valence-corrected chi connectivity index (χ3v) is 3.06. The van der Waals surface area contributed by atoms with Gasteiger partial charge in [0.1, 0.15) is 0 Å². The van der Waals surface area contributed by atoms with Crippen LogP contribution in [0.2, 0.25) is 0 Å². The molecule has 0 bridgehead atoms. The van der Waals surface area contributed by atoms with Crippen molar-refractivity contribution in [3.05, 3.63) is 41.7 Å². The lowest BCUT2D eigenvalue weighted by Crippen LogP contribution is -2.18. The van der Waals surface area contributed by atoms with E-state index in [-0.39, 0.29) is 0 Å². The molecule has 1 aliphatic carbocycles. The summed E-state index contributed by atoms with van der Waals surface area (Å²) in [4.78, 5) is 31.2. The number of hydrogen-bond donors (Lipinski definition) is 0. The second kappa shape index (κ2) is 4.14. The molecule has 1 aromatic carbocycles. The molecular weight excluding hydrogens is 228 g/mol. The van der Waals surface area contributed by atoms with E-state index in [2.05, 4.69) is 9.97 Å². The fraction of sp³-hybridized carbons (Fsp3) is 0.143. The molecule has 1 heterocycles. The van der Waals surface area contributed by atoms with Crippen molar-refractivity contribution in [1.29, 1.82) is 0 Å². The number of aldehydes is 1. The molecule has 0 amide bonds. The van der Waals surface area contributed by atoms with Gasteiger partial charge in [-0.15, -0.1) is 0 Å². The molecular formula is C14H10N2O2. The van der Waals surface area contributed by atoms with Gasteiger partial charge >= 0.3 is 0 Å². The van der Waals surface area contributed by atoms with E-state index in [1.807, 2.05) is 36.4 Å². The number of rotatable bonds is 2. The summed E-state index contributed by atoms with van der Waals surface area (Å²) in [6, 6.07) is 7.49. The largest absolute Gasteiger partial charge is 0.295 e. The SMILES string of the molecule is O=CC(=O)C1CC=Cc2nc3ccccc3nc21. The molecule has 0 fully saturated rings. The lowest BCUT2D eigenvalue weighted by atomic mass is 9.91. The van der Waals surface area contributed by atoms with Gasteiger partial charge < -0.3 is 0 Å². The van der Waals surface area contributed by atoms with Gasteiger partial charge in [-0.25, -0.2) is 9.97 Å². The average Bonchev–Trinajstić information content (AvgIpc) is 2.43. The summed E-state index contributed by atoms with van der Waals surface area (Å²) in [7, 11) is 0. The number of ketones is 1. The molecule has 0 radical (unpaired) electrons. The van der Waals surface area contributed by atoms with E-state index < -0.39 is 11.7 Å².